The van der Waals surface area contributed by atoms with E-state index < -0.39 is 16.0 Å². The van der Waals surface area contributed by atoms with Gasteiger partial charge in [-0.2, -0.15) is 8.42 Å². The van der Waals surface area contributed by atoms with E-state index in [4.69, 9.17) is 14.6 Å². The summed E-state index contributed by atoms with van der Waals surface area (Å²) in [5.41, 5.74) is 2.94. The predicted molar refractivity (Wildman–Crippen MR) is 130 cm³/mol. The number of aromatic nitrogens is 1. The Hall–Kier alpha value is -3.11. The fourth-order valence-electron chi connectivity index (χ4n) is 3.61. The molecule has 1 aliphatic heterocycles. The number of carboxylic acid groups (broad SMARTS) is 1. The first-order valence-corrected chi connectivity index (χ1v) is 13.2. The van der Waals surface area contributed by atoms with Gasteiger partial charge < -0.3 is 14.6 Å². The maximum Gasteiger partial charge on any atom is 0.335 e. The molecule has 0 amide bonds. The van der Waals surface area contributed by atoms with Gasteiger partial charge in [0.2, 0.25) is 4.34 Å². The minimum atomic E-state index is -3.93. The van der Waals surface area contributed by atoms with Crippen molar-refractivity contribution in [2.24, 2.45) is 5.92 Å². The molecule has 2 aromatic carbocycles. The van der Waals surface area contributed by atoms with Crippen LogP contribution in [0.5, 0.6) is 11.5 Å². The van der Waals surface area contributed by atoms with Crippen LogP contribution in [-0.2, 0) is 23.1 Å². The fraction of sp³-hybridized carbons (Fsp3) is 0.333. The fourth-order valence-corrected chi connectivity index (χ4v) is 6.38. The molecule has 8 nitrogen and oxygen atoms in total. The first-order valence-electron chi connectivity index (χ1n) is 10.8. The molecule has 0 aliphatic carbocycles. The van der Waals surface area contributed by atoms with Crippen molar-refractivity contribution in [3.63, 3.8) is 0 Å². The number of aryl methyl sites for hydroxylation is 1. The summed E-state index contributed by atoms with van der Waals surface area (Å²) >= 11 is 1.09. The highest BCUT2D eigenvalue weighted by Crippen LogP contribution is 2.41. The molecule has 0 unspecified atom stereocenters. The molecule has 10 heteroatoms. The Morgan fingerprint density at radius 3 is 2.62 bits per heavy atom. The first-order chi connectivity index (χ1) is 16.1. The normalized spacial score (nSPS) is 12.9. The molecular formula is C24H26N2O6S2. The summed E-state index contributed by atoms with van der Waals surface area (Å²) in [5.74, 6) is 0.109. The van der Waals surface area contributed by atoms with Crippen molar-refractivity contribution in [3.05, 3.63) is 64.2 Å². The lowest BCUT2D eigenvalue weighted by Gasteiger charge is -2.27. The van der Waals surface area contributed by atoms with Crippen LogP contribution in [0, 0.1) is 12.8 Å². The van der Waals surface area contributed by atoms with Crippen LogP contribution in [0.1, 0.15) is 41.0 Å². The van der Waals surface area contributed by atoms with Gasteiger partial charge in [0.1, 0.15) is 18.1 Å². The van der Waals surface area contributed by atoms with Crippen molar-refractivity contribution >= 4 is 33.0 Å². The molecule has 1 aliphatic rings. The second kappa shape index (κ2) is 9.63. The van der Waals surface area contributed by atoms with E-state index in [0.29, 0.717) is 35.9 Å². The lowest BCUT2D eigenvalue weighted by atomic mass is 10.1. The number of sulfonamides is 1. The van der Waals surface area contributed by atoms with Crippen LogP contribution >= 0.6 is 11.3 Å². The van der Waals surface area contributed by atoms with Crippen LogP contribution in [0.4, 0.5) is 5.69 Å². The largest absolute Gasteiger partial charge is 0.493 e. The SMILES string of the molecule is Cc1csc(S(=O)(=O)N(CC(C)C)c2cc3c(cc2OCc2ccc(C(=O)O)cc2)CCO3)n1. The van der Waals surface area contributed by atoms with Crippen LogP contribution in [0.3, 0.4) is 0 Å². The molecule has 0 saturated carbocycles. The minimum Gasteiger partial charge on any atom is -0.493 e. The first kappa shape index (κ1) is 24.0. The number of nitrogens with zero attached hydrogens (tertiary/aromatic N) is 2. The molecule has 0 saturated heterocycles. The lowest BCUT2D eigenvalue weighted by Crippen LogP contribution is -2.34. The van der Waals surface area contributed by atoms with E-state index in [9.17, 15) is 13.2 Å². The third kappa shape index (κ3) is 5.02. The molecule has 0 atom stereocenters. The highest BCUT2D eigenvalue weighted by Gasteiger charge is 2.32. The number of aromatic carboxylic acids is 1. The van der Waals surface area contributed by atoms with Gasteiger partial charge in [-0.15, -0.1) is 11.3 Å². The topological polar surface area (TPSA) is 106 Å². The standard InChI is InChI=1S/C24H26N2O6S2/c1-15(2)12-26(34(29,30)24-25-16(3)14-33-24)20-11-21-19(8-9-31-21)10-22(20)32-13-17-4-6-18(7-5-17)23(27)28/h4-7,10-11,14-15H,8-9,12-13H2,1-3H3,(H,27,28). The second-order valence-corrected chi connectivity index (χ2v) is 11.4. The number of hydrogen-bond donors (Lipinski definition) is 1. The predicted octanol–water partition coefficient (Wildman–Crippen LogP) is 4.51. The summed E-state index contributed by atoms with van der Waals surface area (Å²) in [5, 5.41) is 10.8. The van der Waals surface area contributed by atoms with Gasteiger partial charge in [-0.25, -0.2) is 9.78 Å². The number of thiazole rings is 1. The average Bonchev–Trinajstić information content (AvgIpc) is 3.44. The third-order valence-electron chi connectivity index (χ3n) is 5.27. The van der Waals surface area contributed by atoms with Crippen molar-refractivity contribution in [3.8, 4) is 11.5 Å². The molecule has 1 aromatic heterocycles. The Balaban J connectivity index is 1.73. The number of hydrogen-bond acceptors (Lipinski definition) is 7. The summed E-state index contributed by atoms with van der Waals surface area (Å²) in [6.07, 6.45) is 0.710. The van der Waals surface area contributed by atoms with Crippen LogP contribution in [0.25, 0.3) is 0 Å². The Kier molecular flexibility index (Phi) is 6.81. The van der Waals surface area contributed by atoms with E-state index in [2.05, 4.69) is 4.98 Å². The summed E-state index contributed by atoms with van der Waals surface area (Å²) in [7, 11) is -3.93. The lowest BCUT2D eigenvalue weighted by molar-refractivity contribution is 0.0697. The number of anilines is 1. The zero-order valence-corrected chi connectivity index (χ0v) is 20.8. The third-order valence-corrected chi connectivity index (χ3v) is 8.41. The maximum absolute atomic E-state index is 13.6. The zero-order chi connectivity index (χ0) is 24.5. The molecule has 0 fully saturated rings. The number of fused-ring (bicyclic) bond motifs is 1. The van der Waals surface area contributed by atoms with E-state index in [0.717, 1.165) is 22.5 Å². The van der Waals surface area contributed by atoms with Crippen LogP contribution in [0.2, 0.25) is 0 Å². The van der Waals surface area contributed by atoms with Gasteiger partial charge in [0.25, 0.3) is 10.0 Å². The number of carbonyl (C=O) groups is 1. The van der Waals surface area contributed by atoms with Gasteiger partial charge in [-0.3, -0.25) is 4.31 Å². The van der Waals surface area contributed by atoms with Gasteiger partial charge in [0, 0.05) is 35.7 Å². The molecular weight excluding hydrogens is 476 g/mol. The average molecular weight is 503 g/mol. The highest BCUT2D eigenvalue weighted by molar-refractivity contribution is 7.94. The molecule has 0 spiro atoms. The van der Waals surface area contributed by atoms with Gasteiger partial charge in [-0.1, -0.05) is 26.0 Å². The van der Waals surface area contributed by atoms with E-state index in [1.54, 1.807) is 30.5 Å². The van der Waals surface area contributed by atoms with Gasteiger partial charge in [0.15, 0.2) is 0 Å². The Morgan fingerprint density at radius 2 is 2.00 bits per heavy atom. The highest BCUT2D eigenvalue weighted by atomic mass is 32.2. The summed E-state index contributed by atoms with van der Waals surface area (Å²) in [6.45, 7) is 6.57. The quantitative estimate of drug-likeness (QED) is 0.459. The van der Waals surface area contributed by atoms with E-state index in [-0.39, 0.29) is 29.0 Å². The molecule has 4 rings (SSSR count). The minimum absolute atomic E-state index is 0.0299. The van der Waals surface area contributed by atoms with E-state index in [1.807, 2.05) is 19.9 Å². The van der Waals surface area contributed by atoms with Gasteiger partial charge in [-0.05, 0) is 36.6 Å². The summed E-state index contributed by atoms with van der Waals surface area (Å²) in [4.78, 5) is 15.3. The van der Waals surface area contributed by atoms with Crippen LogP contribution in [0.15, 0.2) is 46.1 Å². The number of carboxylic acids is 1. The van der Waals surface area contributed by atoms with Crippen molar-refractivity contribution in [1.82, 2.24) is 4.98 Å². The molecule has 0 radical (unpaired) electrons. The molecule has 180 valence electrons. The Labute approximate surface area is 202 Å². The summed E-state index contributed by atoms with van der Waals surface area (Å²) < 4.78 is 40.5. The van der Waals surface area contributed by atoms with E-state index in [1.165, 1.54) is 16.4 Å². The molecule has 0 bridgehead atoms. The summed E-state index contributed by atoms with van der Waals surface area (Å²) in [6, 6.07) is 9.95. The Morgan fingerprint density at radius 1 is 1.26 bits per heavy atom. The van der Waals surface area contributed by atoms with Gasteiger partial charge >= 0.3 is 5.97 Å². The monoisotopic (exact) mass is 502 g/mol. The van der Waals surface area contributed by atoms with Crippen molar-refractivity contribution in [1.29, 1.82) is 0 Å². The smallest absolute Gasteiger partial charge is 0.335 e. The number of rotatable bonds is 9. The van der Waals surface area contributed by atoms with Crippen molar-refractivity contribution in [2.75, 3.05) is 17.5 Å². The molecule has 3 aromatic rings. The van der Waals surface area contributed by atoms with Crippen molar-refractivity contribution < 1.29 is 27.8 Å². The second-order valence-electron chi connectivity index (χ2n) is 8.50. The van der Waals surface area contributed by atoms with Crippen LogP contribution in [-0.4, -0.2) is 37.6 Å². The van der Waals surface area contributed by atoms with Gasteiger partial charge in [0.05, 0.1) is 17.9 Å². The number of ether oxygens (including phenoxy) is 2. The zero-order valence-electron chi connectivity index (χ0n) is 19.1. The van der Waals surface area contributed by atoms with Crippen LogP contribution < -0.4 is 13.8 Å². The molecule has 1 N–H and O–H groups in total. The Bertz CT molecular complexity index is 1300. The maximum atomic E-state index is 13.6. The van der Waals surface area contributed by atoms with E-state index >= 15 is 0 Å². The van der Waals surface area contributed by atoms with Crippen molar-refractivity contribution in [2.45, 2.75) is 38.1 Å². The molecule has 2 heterocycles. The molecule has 34 heavy (non-hydrogen) atoms. The number of benzene rings is 2.